The SMILES string of the molecule is Cc1c(Oc2ccccc2C(N)=O)ccnc1-c1nnnn1Cc1cc(F)cc(F)c1. The maximum Gasteiger partial charge on any atom is 0.252 e. The average molecular weight is 422 g/mol. The highest BCUT2D eigenvalue weighted by molar-refractivity contribution is 5.95. The third-order valence-electron chi connectivity index (χ3n) is 4.53. The third-order valence-corrected chi connectivity index (χ3v) is 4.53. The van der Waals surface area contributed by atoms with E-state index in [1.54, 1.807) is 37.3 Å². The summed E-state index contributed by atoms with van der Waals surface area (Å²) < 4.78 is 34.4. The minimum absolute atomic E-state index is 0.0354. The maximum atomic E-state index is 13.5. The second-order valence-electron chi connectivity index (χ2n) is 6.68. The number of benzene rings is 2. The van der Waals surface area contributed by atoms with Gasteiger partial charge in [-0.15, -0.1) is 5.10 Å². The Balaban J connectivity index is 1.69. The van der Waals surface area contributed by atoms with Crippen molar-refractivity contribution < 1.29 is 18.3 Å². The van der Waals surface area contributed by atoms with Crippen LogP contribution in [-0.4, -0.2) is 31.1 Å². The van der Waals surface area contributed by atoms with Crippen LogP contribution in [0.25, 0.3) is 11.5 Å². The van der Waals surface area contributed by atoms with Crippen molar-refractivity contribution in [3.63, 3.8) is 0 Å². The van der Waals surface area contributed by atoms with E-state index in [9.17, 15) is 13.6 Å². The van der Waals surface area contributed by atoms with Crippen LogP contribution in [0.2, 0.25) is 0 Å². The molecule has 156 valence electrons. The molecule has 1 amide bonds. The zero-order chi connectivity index (χ0) is 22.0. The van der Waals surface area contributed by atoms with Gasteiger partial charge in [-0.1, -0.05) is 12.1 Å². The Morgan fingerprint density at radius 3 is 2.58 bits per heavy atom. The van der Waals surface area contributed by atoms with Crippen LogP contribution in [0.15, 0.2) is 54.7 Å². The summed E-state index contributed by atoms with van der Waals surface area (Å²) >= 11 is 0. The van der Waals surface area contributed by atoms with Crippen LogP contribution in [-0.2, 0) is 6.54 Å². The predicted octanol–water partition coefficient (Wildman–Crippen LogP) is 3.26. The number of tetrazole rings is 1. The van der Waals surface area contributed by atoms with E-state index < -0.39 is 17.5 Å². The van der Waals surface area contributed by atoms with E-state index in [1.807, 2.05) is 0 Å². The van der Waals surface area contributed by atoms with Crippen molar-refractivity contribution in [2.75, 3.05) is 0 Å². The van der Waals surface area contributed by atoms with Gasteiger partial charge < -0.3 is 10.5 Å². The molecule has 0 saturated heterocycles. The molecule has 0 fully saturated rings. The quantitative estimate of drug-likeness (QED) is 0.511. The monoisotopic (exact) mass is 422 g/mol. The number of pyridine rings is 1. The molecule has 31 heavy (non-hydrogen) atoms. The smallest absolute Gasteiger partial charge is 0.252 e. The summed E-state index contributed by atoms with van der Waals surface area (Å²) in [5.74, 6) is -0.996. The van der Waals surface area contributed by atoms with Gasteiger partial charge in [-0.2, -0.15) is 0 Å². The summed E-state index contributed by atoms with van der Waals surface area (Å²) in [6, 6.07) is 11.4. The van der Waals surface area contributed by atoms with Crippen molar-refractivity contribution in [1.82, 2.24) is 25.2 Å². The zero-order valence-corrected chi connectivity index (χ0v) is 16.3. The first kappa shape index (κ1) is 20.1. The largest absolute Gasteiger partial charge is 0.456 e. The van der Waals surface area contributed by atoms with E-state index >= 15 is 0 Å². The summed E-state index contributed by atoms with van der Waals surface area (Å²) in [7, 11) is 0. The summed E-state index contributed by atoms with van der Waals surface area (Å²) in [6.07, 6.45) is 1.51. The molecule has 0 radical (unpaired) electrons. The maximum absolute atomic E-state index is 13.5. The van der Waals surface area contributed by atoms with Gasteiger partial charge in [-0.25, -0.2) is 13.5 Å². The predicted molar refractivity (Wildman–Crippen MR) is 106 cm³/mol. The molecule has 4 aromatic rings. The molecule has 0 spiro atoms. The van der Waals surface area contributed by atoms with Crippen molar-refractivity contribution in [2.45, 2.75) is 13.5 Å². The number of hydrogen-bond donors (Lipinski definition) is 1. The first-order valence-corrected chi connectivity index (χ1v) is 9.16. The number of aromatic nitrogens is 5. The number of nitrogens with zero attached hydrogens (tertiary/aromatic N) is 5. The molecule has 0 atom stereocenters. The van der Waals surface area contributed by atoms with Gasteiger partial charge in [0.1, 0.15) is 28.8 Å². The Morgan fingerprint density at radius 1 is 1.10 bits per heavy atom. The number of para-hydroxylation sites is 1. The molecular weight excluding hydrogens is 406 g/mol. The highest BCUT2D eigenvalue weighted by Gasteiger charge is 2.18. The molecular formula is C21H16F2N6O2. The van der Waals surface area contributed by atoms with Crippen LogP contribution in [0.1, 0.15) is 21.5 Å². The Labute approximate surface area is 175 Å². The topological polar surface area (TPSA) is 109 Å². The van der Waals surface area contributed by atoms with Gasteiger partial charge in [-0.3, -0.25) is 9.78 Å². The molecule has 2 aromatic carbocycles. The fourth-order valence-corrected chi connectivity index (χ4v) is 3.09. The van der Waals surface area contributed by atoms with E-state index in [4.69, 9.17) is 10.5 Å². The molecule has 0 aliphatic heterocycles. The Kier molecular flexibility index (Phi) is 5.35. The first-order chi connectivity index (χ1) is 14.9. The second-order valence-corrected chi connectivity index (χ2v) is 6.68. The summed E-state index contributed by atoms with van der Waals surface area (Å²) in [5, 5.41) is 11.6. The normalized spacial score (nSPS) is 10.8. The fourth-order valence-electron chi connectivity index (χ4n) is 3.09. The summed E-state index contributed by atoms with van der Waals surface area (Å²) in [6.45, 7) is 1.79. The first-order valence-electron chi connectivity index (χ1n) is 9.16. The molecule has 0 aliphatic carbocycles. The number of halogens is 2. The van der Waals surface area contributed by atoms with Gasteiger partial charge in [0.25, 0.3) is 5.91 Å². The minimum atomic E-state index is -0.692. The van der Waals surface area contributed by atoms with Crippen molar-refractivity contribution >= 4 is 5.91 Å². The lowest BCUT2D eigenvalue weighted by molar-refractivity contribution is 0.0998. The highest BCUT2D eigenvalue weighted by Crippen LogP contribution is 2.31. The molecule has 8 nitrogen and oxygen atoms in total. The molecule has 2 heterocycles. The van der Waals surface area contributed by atoms with Crippen LogP contribution in [0.3, 0.4) is 0 Å². The number of primary amides is 1. The fraction of sp³-hybridized carbons (Fsp3) is 0.0952. The number of nitrogens with two attached hydrogens (primary N) is 1. The Hall–Kier alpha value is -4.21. The van der Waals surface area contributed by atoms with Crippen molar-refractivity contribution in [3.05, 3.63) is 83.1 Å². The Bertz CT molecular complexity index is 1250. The van der Waals surface area contributed by atoms with Gasteiger partial charge in [0.05, 0.1) is 12.1 Å². The summed E-state index contributed by atoms with van der Waals surface area (Å²) in [5.41, 5.74) is 7.01. The van der Waals surface area contributed by atoms with Crippen molar-refractivity contribution in [2.24, 2.45) is 5.73 Å². The number of amides is 1. The van der Waals surface area contributed by atoms with Gasteiger partial charge in [-0.05, 0) is 53.2 Å². The van der Waals surface area contributed by atoms with E-state index in [1.165, 1.54) is 23.0 Å². The van der Waals surface area contributed by atoms with Crippen LogP contribution in [0, 0.1) is 18.6 Å². The second kappa shape index (κ2) is 8.27. The van der Waals surface area contributed by atoms with Gasteiger partial charge in [0.15, 0.2) is 0 Å². The number of hydrogen-bond acceptors (Lipinski definition) is 6. The molecule has 0 aliphatic rings. The van der Waals surface area contributed by atoms with Crippen molar-refractivity contribution in [3.8, 4) is 23.0 Å². The van der Waals surface area contributed by atoms with E-state index in [2.05, 4.69) is 20.5 Å². The summed E-state index contributed by atoms with van der Waals surface area (Å²) in [4.78, 5) is 16.0. The highest BCUT2D eigenvalue weighted by atomic mass is 19.1. The molecule has 2 aromatic heterocycles. The van der Waals surface area contributed by atoms with Gasteiger partial charge in [0, 0.05) is 17.8 Å². The Morgan fingerprint density at radius 2 is 1.84 bits per heavy atom. The lowest BCUT2D eigenvalue weighted by Crippen LogP contribution is -2.12. The van der Waals surface area contributed by atoms with Gasteiger partial charge in [0.2, 0.25) is 5.82 Å². The third kappa shape index (κ3) is 4.22. The van der Waals surface area contributed by atoms with Crippen LogP contribution < -0.4 is 10.5 Å². The number of ether oxygens (including phenoxy) is 1. The number of carbonyl (C=O) groups excluding carboxylic acids is 1. The van der Waals surface area contributed by atoms with Gasteiger partial charge >= 0.3 is 0 Å². The lowest BCUT2D eigenvalue weighted by atomic mass is 10.1. The number of rotatable bonds is 6. The lowest BCUT2D eigenvalue weighted by Gasteiger charge is -2.13. The van der Waals surface area contributed by atoms with Crippen LogP contribution in [0.5, 0.6) is 11.5 Å². The molecule has 0 unspecified atom stereocenters. The average Bonchev–Trinajstić information content (AvgIpc) is 3.17. The number of carbonyl (C=O) groups is 1. The molecule has 2 N–H and O–H groups in total. The molecule has 4 rings (SSSR count). The van der Waals surface area contributed by atoms with E-state index in [0.717, 1.165) is 6.07 Å². The van der Waals surface area contributed by atoms with E-state index in [-0.39, 0.29) is 17.9 Å². The standard InChI is InChI=1S/C21H16F2N6O2/c1-12-17(31-18-5-3-2-4-16(18)20(24)30)6-7-25-19(12)21-26-27-28-29(21)11-13-8-14(22)10-15(23)9-13/h2-10H,11H2,1H3,(H2,24,30). The van der Waals surface area contributed by atoms with E-state index in [0.29, 0.717) is 28.3 Å². The van der Waals surface area contributed by atoms with Crippen LogP contribution in [0.4, 0.5) is 8.78 Å². The van der Waals surface area contributed by atoms with Crippen LogP contribution >= 0.6 is 0 Å². The minimum Gasteiger partial charge on any atom is -0.456 e. The molecule has 10 heteroatoms. The molecule has 0 bridgehead atoms. The molecule has 0 saturated carbocycles. The zero-order valence-electron chi connectivity index (χ0n) is 16.3. The van der Waals surface area contributed by atoms with Crippen molar-refractivity contribution in [1.29, 1.82) is 0 Å².